The number of benzene rings is 1. The van der Waals surface area contributed by atoms with E-state index in [-0.39, 0.29) is 0 Å². The fourth-order valence-corrected chi connectivity index (χ4v) is 2.06. The Kier molecular flexibility index (Phi) is 1.69. The number of hydrogen-bond donors (Lipinski definition) is 0. The van der Waals surface area contributed by atoms with Gasteiger partial charge in [-0.1, -0.05) is 6.07 Å². The van der Waals surface area contributed by atoms with E-state index in [1.807, 2.05) is 25.2 Å². The van der Waals surface area contributed by atoms with E-state index in [1.54, 1.807) is 0 Å². The first-order valence-corrected chi connectivity index (χ1v) is 5.22. The number of aldehydes is 1. The molecule has 1 heterocycles. The highest BCUT2D eigenvalue weighted by Crippen LogP contribution is 2.40. The molecule has 1 aliphatic rings. The fraction of sp³-hybridized carbons (Fsp3) is 0.333. The zero-order valence-electron chi connectivity index (χ0n) is 8.60. The summed E-state index contributed by atoms with van der Waals surface area (Å²) in [4.78, 5) is 15.5. The lowest BCUT2D eigenvalue weighted by atomic mass is 10.2. The molecule has 0 atom stereocenters. The van der Waals surface area contributed by atoms with E-state index in [2.05, 4.69) is 9.55 Å². The molecule has 0 spiro atoms. The van der Waals surface area contributed by atoms with Crippen molar-refractivity contribution in [1.82, 2.24) is 9.55 Å². The highest BCUT2D eigenvalue weighted by molar-refractivity contribution is 5.94. The van der Waals surface area contributed by atoms with Gasteiger partial charge in [0.1, 0.15) is 5.82 Å². The van der Waals surface area contributed by atoms with Crippen LogP contribution in [0.2, 0.25) is 0 Å². The maximum atomic E-state index is 10.9. The lowest BCUT2D eigenvalue weighted by Gasteiger charge is -1.98. The molecule has 1 fully saturated rings. The van der Waals surface area contributed by atoms with Crippen LogP contribution in [0.4, 0.5) is 0 Å². The molecule has 0 amide bonds. The molecule has 0 bridgehead atoms. The third-order valence-electron chi connectivity index (χ3n) is 3.05. The van der Waals surface area contributed by atoms with Gasteiger partial charge in [-0.25, -0.2) is 4.98 Å². The molecular weight excluding hydrogens is 188 g/mol. The van der Waals surface area contributed by atoms with E-state index in [0.717, 1.165) is 23.1 Å². The topological polar surface area (TPSA) is 34.9 Å². The van der Waals surface area contributed by atoms with Gasteiger partial charge in [0.25, 0.3) is 0 Å². The van der Waals surface area contributed by atoms with Crippen LogP contribution >= 0.6 is 0 Å². The van der Waals surface area contributed by atoms with E-state index in [4.69, 9.17) is 0 Å². The van der Waals surface area contributed by atoms with Crippen LogP contribution in [0.5, 0.6) is 0 Å². The molecule has 0 radical (unpaired) electrons. The van der Waals surface area contributed by atoms with Gasteiger partial charge in [0.05, 0.1) is 11.0 Å². The van der Waals surface area contributed by atoms with Crippen molar-refractivity contribution in [3.63, 3.8) is 0 Å². The lowest BCUT2D eigenvalue weighted by Crippen LogP contribution is -1.94. The number of aryl methyl sites for hydroxylation is 1. The van der Waals surface area contributed by atoms with Gasteiger partial charge in [0, 0.05) is 18.5 Å². The van der Waals surface area contributed by atoms with Crippen LogP contribution in [0.1, 0.15) is 34.9 Å². The highest BCUT2D eigenvalue weighted by atomic mass is 16.1. The second kappa shape index (κ2) is 2.92. The maximum absolute atomic E-state index is 10.9. The molecule has 3 heteroatoms. The minimum Gasteiger partial charge on any atom is -0.331 e. The number of carbonyl (C=O) groups excluding carboxylic acids is 1. The smallest absolute Gasteiger partial charge is 0.152 e. The molecule has 3 nitrogen and oxygen atoms in total. The third kappa shape index (κ3) is 1.19. The molecule has 0 saturated heterocycles. The number of imidazole rings is 1. The number of hydrogen-bond acceptors (Lipinski definition) is 2. The molecule has 0 aliphatic heterocycles. The van der Waals surface area contributed by atoms with Crippen molar-refractivity contribution in [3.8, 4) is 0 Å². The van der Waals surface area contributed by atoms with Gasteiger partial charge in [-0.3, -0.25) is 4.79 Å². The van der Waals surface area contributed by atoms with Crippen molar-refractivity contribution in [2.75, 3.05) is 0 Å². The Labute approximate surface area is 87.7 Å². The predicted octanol–water partition coefficient (Wildman–Crippen LogP) is 2.26. The van der Waals surface area contributed by atoms with E-state index in [1.165, 1.54) is 12.8 Å². The van der Waals surface area contributed by atoms with Gasteiger partial charge in [-0.15, -0.1) is 0 Å². The Bertz CT molecular complexity index is 538. The molecule has 3 rings (SSSR count). The Morgan fingerprint density at radius 3 is 2.93 bits per heavy atom. The van der Waals surface area contributed by atoms with Crippen LogP contribution in [0.3, 0.4) is 0 Å². The predicted molar refractivity (Wildman–Crippen MR) is 58.1 cm³/mol. The summed E-state index contributed by atoms with van der Waals surface area (Å²) in [5, 5.41) is 0. The fourth-order valence-electron chi connectivity index (χ4n) is 2.06. The normalized spacial score (nSPS) is 15.8. The number of nitrogens with zero attached hydrogens (tertiary/aromatic N) is 2. The minimum absolute atomic E-state index is 0.613. The SMILES string of the molecule is Cn1c(C2CC2)nc2c(C=O)cccc21. The quantitative estimate of drug-likeness (QED) is 0.697. The summed E-state index contributed by atoms with van der Waals surface area (Å²) in [5.41, 5.74) is 2.59. The van der Waals surface area contributed by atoms with Gasteiger partial charge < -0.3 is 4.57 Å². The second-order valence-corrected chi connectivity index (χ2v) is 4.14. The molecule has 1 aliphatic carbocycles. The molecule has 2 aromatic rings. The first kappa shape index (κ1) is 8.65. The molecular formula is C12H12N2O. The Balaban J connectivity index is 2.33. The number of aromatic nitrogens is 2. The Morgan fingerprint density at radius 1 is 1.47 bits per heavy atom. The van der Waals surface area contributed by atoms with Crippen molar-refractivity contribution >= 4 is 17.3 Å². The minimum atomic E-state index is 0.613. The van der Waals surface area contributed by atoms with Crippen molar-refractivity contribution < 1.29 is 4.79 Å². The van der Waals surface area contributed by atoms with Crippen molar-refractivity contribution in [2.24, 2.45) is 7.05 Å². The first-order valence-electron chi connectivity index (χ1n) is 5.22. The summed E-state index contributed by atoms with van der Waals surface area (Å²) in [5.74, 6) is 1.74. The Hall–Kier alpha value is -1.64. The molecule has 0 unspecified atom stereocenters. The van der Waals surface area contributed by atoms with Crippen LogP contribution < -0.4 is 0 Å². The molecule has 1 aromatic carbocycles. The van der Waals surface area contributed by atoms with Crippen LogP contribution in [0.25, 0.3) is 11.0 Å². The number of para-hydroxylation sites is 1. The molecule has 1 aromatic heterocycles. The average Bonchev–Trinajstić information content (AvgIpc) is 3.04. The summed E-state index contributed by atoms with van der Waals surface area (Å²) >= 11 is 0. The monoisotopic (exact) mass is 200 g/mol. The summed E-state index contributed by atoms with van der Waals surface area (Å²) < 4.78 is 2.11. The summed E-state index contributed by atoms with van der Waals surface area (Å²) in [6.45, 7) is 0. The van der Waals surface area contributed by atoms with Gasteiger partial charge >= 0.3 is 0 Å². The third-order valence-corrected chi connectivity index (χ3v) is 3.05. The number of fused-ring (bicyclic) bond motifs is 1. The number of carbonyl (C=O) groups is 1. The summed E-state index contributed by atoms with van der Waals surface area (Å²) in [6.07, 6.45) is 3.34. The van der Waals surface area contributed by atoms with Crippen LogP contribution in [-0.2, 0) is 7.05 Å². The molecule has 1 saturated carbocycles. The average molecular weight is 200 g/mol. The molecule has 76 valence electrons. The van der Waals surface area contributed by atoms with Gasteiger partial charge in [0.2, 0.25) is 0 Å². The van der Waals surface area contributed by atoms with Crippen molar-refractivity contribution in [2.45, 2.75) is 18.8 Å². The van der Waals surface area contributed by atoms with Gasteiger partial charge in [-0.05, 0) is 25.0 Å². The van der Waals surface area contributed by atoms with Gasteiger partial charge in [0.15, 0.2) is 6.29 Å². The standard InChI is InChI=1S/C12H12N2O/c1-14-10-4-2-3-9(7-15)11(10)13-12(14)8-5-6-8/h2-4,7-8H,5-6H2,1H3. The van der Waals surface area contributed by atoms with Crippen molar-refractivity contribution in [3.05, 3.63) is 29.6 Å². The van der Waals surface area contributed by atoms with E-state index < -0.39 is 0 Å². The molecule has 0 N–H and O–H groups in total. The van der Waals surface area contributed by atoms with Crippen LogP contribution in [0, 0.1) is 0 Å². The maximum Gasteiger partial charge on any atom is 0.152 e. The van der Waals surface area contributed by atoms with E-state index in [9.17, 15) is 4.79 Å². The summed E-state index contributed by atoms with van der Waals surface area (Å²) in [7, 11) is 2.03. The first-order chi connectivity index (χ1) is 7.31. The Morgan fingerprint density at radius 2 is 2.27 bits per heavy atom. The van der Waals surface area contributed by atoms with Gasteiger partial charge in [-0.2, -0.15) is 0 Å². The zero-order chi connectivity index (χ0) is 10.4. The zero-order valence-corrected chi connectivity index (χ0v) is 8.60. The van der Waals surface area contributed by atoms with Crippen LogP contribution in [-0.4, -0.2) is 15.8 Å². The van der Waals surface area contributed by atoms with E-state index in [0.29, 0.717) is 11.5 Å². The summed E-state index contributed by atoms with van der Waals surface area (Å²) in [6, 6.07) is 5.74. The largest absolute Gasteiger partial charge is 0.331 e. The second-order valence-electron chi connectivity index (χ2n) is 4.14. The van der Waals surface area contributed by atoms with Crippen molar-refractivity contribution in [1.29, 1.82) is 0 Å². The lowest BCUT2D eigenvalue weighted by molar-refractivity contribution is 0.112. The van der Waals surface area contributed by atoms with Crippen LogP contribution in [0.15, 0.2) is 18.2 Å². The highest BCUT2D eigenvalue weighted by Gasteiger charge is 2.28. The van der Waals surface area contributed by atoms with E-state index >= 15 is 0 Å². The molecule has 15 heavy (non-hydrogen) atoms. The number of rotatable bonds is 2.